The Balaban J connectivity index is 2.20. The number of allylic oxidation sites excluding steroid dienone is 1. The molecule has 0 saturated heterocycles. The van der Waals surface area contributed by atoms with Crippen LogP contribution < -0.4 is 5.14 Å². The topological polar surface area (TPSA) is 72.5 Å². The maximum Gasteiger partial charge on any atom is 0.240 e. The molecule has 25 heavy (non-hydrogen) atoms. The second-order valence-corrected chi connectivity index (χ2v) is 7.17. The standard InChI is InChI=1S/C17H13F3N2O2S/c18-13-4-2-11(8-14(13)19)17(6-1-7-22-10-17)12-3-5-16(15(20)9-12)25(21,23)24/h1-9H,10H2,(H2,21,23,24). The summed E-state index contributed by atoms with van der Waals surface area (Å²) in [7, 11) is -4.21. The highest BCUT2D eigenvalue weighted by atomic mass is 32.2. The van der Waals surface area contributed by atoms with Gasteiger partial charge < -0.3 is 0 Å². The van der Waals surface area contributed by atoms with Crippen LogP contribution in [0.5, 0.6) is 0 Å². The quantitative estimate of drug-likeness (QED) is 0.907. The van der Waals surface area contributed by atoms with E-state index in [1.807, 2.05) is 0 Å². The van der Waals surface area contributed by atoms with Crippen LogP contribution in [0.3, 0.4) is 0 Å². The van der Waals surface area contributed by atoms with Gasteiger partial charge in [-0.15, -0.1) is 0 Å². The smallest absolute Gasteiger partial charge is 0.240 e. The van der Waals surface area contributed by atoms with E-state index in [4.69, 9.17) is 5.14 Å². The van der Waals surface area contributed by atoms with Gasteiger partial charge in [0.15, 0.2) is 11.6 Å². The lowest BCUT2D eigenvalue weighted by molar-refractivity contribution is 0.502. The third-order valence-electron chi connectivity index (χ3n) is 4.10. The number of hydrogen-bond acceptors (Lipinski definition) is 3. The van der Waals surface area contributed by atoms with E-state index in [9.17, 15) is 21.6 Å². The molecule has 0 radical (unpaired) electrons. The fourth-order valence-corrected chi connectivity index (χ4v) is 3.43. The third kappa shape index (κ3) is 3.10. The van der Waals surface area contributed by atoms with Crippen molar-refractivity contribution in [3.05, 3.63) is 77.1 Å². The SMILES string of the molecule is NS(=O)(=O)c1ccc(C2(c3ccc(F)c(F)c3)C=CC=NC2)cc1F. The van der Waals surface area contributed by atoms with Gasteiger partial charge in [0.2, 0.25) is 10.0 Å². The Bertz CT molecular complexity index is 1000. The lowest BCUT2D eigenvalue weighted by Crippen LogP contribution is -2.31. The van der Waals surface area contributed by atoms with E-state index in [1.165, 1.54) is 18.3 Å². The lowest BCUT2D eigenvalue weighted by atomic mass is 9.73. The summed E-state index contributed by atoms with van der Waals surface area (Å²) in [6.45, 7) is 0.128. The summed E-state index contributed by atoms with van der Waals surface area (Å²) < 4.78 is 64.0. The molecule has 1 heterocycles. The van der Waals surface area contributed by atoms with Crippen LogP contribution in [0.1, 0.15) is 11.1 Å². The molecule has 0 fully saturated rings. The van der Waals surface area contributed by atoms with Gasteiger partial charge in [0.1, 0.15) is 10.7 Å². The minimum atomic E-state index is -4.21. The van der Waals surface area contributed by atoms with Crippen LogP contribution in [0.25, 0.3) is 0 Å². The minimum Gasteiger partial charge on any atom is -0.292 e. The molecule has 1 unspecified atom stereocenters. The summed E-state index contributed by atoms with van der Waals surface area (Å²) in [5.41, 5.74) is -0.347. The number of halogens is 3. The number of benzene rings is 2. The van der Waals surface area contributed by atoms with Gasteiger partial charge in [0, 0.05) is 6.21 Å². The van der Waals surface area contributed by atoms with Gasteiger partial charge in [0.25, 0.3) is 0 Å². The van der Waals surface area contributed by atoms with Crippen molar-refractivity contribution in [2.75, 3.05) is 6.54 Å². The van der Waals surface area contributed by atoms with Gasteiger partial charge in [-0.2, -0.15) is 0 Å². The zero-order valence-corrected chi connectivity index (χ0v) is 13.6. The maximum atomic E-state index is 14.3. The average molecular weight is 366 g/mol. The molecule has 1 atom stereocenters. The predicted octanol–water partition coefficient (Wildman–Crippen LogP) is 2.68. The molecule has 4 nitrogen and oxygen atoms in total. The van der Waals surface area contributed by atoms with Gasteiger partial charge in [-0.1, -0.05) is 18.2 Å². The highest BCUT2D eigenvalue weighted by Crippen LogP contribution is 2.37. The molecule has 2 aromatic carbocycles. The number of sulfonamides is 1. The fourth-order valence-electron chi connectivity index (χ4n) is 2.84. The first-order valence-electron chi connectivity index (χ1n) is 7.20. The number of rotatable bonds is 3. The first-order valence-corrected chi connectivity index (χ1v) is 8.75. The third-order valence-corrected chi connectivity index (χ3v) is 5.05. The molecule has 0 aliphatic carbocycles. The molecular weight excluding hydrogens is 353 g/mol. The Hall–Kier alpha value is -2.45. The van der Waals surface area contributed by atoms with E-state index in [0.717, 1.165) is 24.3 Å². The summed E-state index contributed by atoms with van der Waals surface area (Å²) in [6.07, 6.45) is 4.82. The number of aliphatic imine (C=N–C) groups is 1. The van der Waals surface area contributed by atoms with Crippen LogP contribution in [0.4, 0.5) is 13.2 Å². The molecule has 2 N–H and O–H groups in total. The van der Waals surface area contributed by atoms with Gasteiger partial charge >= 0.3 is 0 Å². The molecule has 0 aromatic heterocycles. The molecule has 0 bridgehead atoms. The highest BCUT2D eigenvalue weighted by molar-refractivity contribution is 7.89. The van der Waals surface area contributed by atoms with Crippen LogP contribution in [0.2, 0.25) is 0 Å². The number of nitrogens with zero attached hydrogens (tertiary/aromatic N) is 1. The van der Waals surface area contributed by atoms with E-state index in [2.05, 4.69) is 4.99 Å². The molecule has 3 rings (SSSR count). The largest absolute Gasteiger partial charge is 0.292 e. The van der Waals surface area contributed by atoms with Crippen LogP contribution in [-0.2, 0) is 15.4 Å². The van der Waals surface area contributed by atoms with Crippen molar-refractivity contribution in [2.24, 2.45) is 10.1 Å². The highest BCUT2D eigenvalue weighted by Gasteiger charge is 2.34. The van der Waals surface area contributed by atoms with E-state index in [-0.39, 0.29) is 6.54 Å². The Kier molecular flexibility index (Phi) is 4.26. The predicted molar refractivity (Wildman–Crippen MR) is 87.4 cm³/mol. The van der Waals surface area contributed by atoms with Crippen molar-refractivity contribution in [1.29, 1.82) is 0 Å². The Labute approximate surface area is 142 Å². The number of hydrogen-bond donors (Lipinski definition) is 1. The zero-order chi connectivity index (χ0) is 18.2. The molecule has 1 aliphatic heterocycles. The average Bonchev–Trinajstić information content (AvgIpc) is 2.56. The van der Waals surface area contributed by atoms with Gasteiger partial charge in [-0.25, -0.2) is 26.7 Å². The monoisotopic (exact) mass is 366 g/mol. The second kappa shape index (κ2) is 6.12. The van der Waals surface area contributed by atoms with Crippen molar-refractivity contribution in [3.63, 3.8) is 0 Å². The van der Waals surface area contributed by atoms with Gasteiger partial charge in [0.05, 0.1) is 12.0 Å². The Morgan fingerprint density at radius 2 is 1.60 bits per heavy atom. The van der Waals surface area contributed by atoms with Crippen LogP contribution >= 0.6 is 0 Å². The minimum absolute atomic E-state index is 0.128. The summed E-state index contributed by atoms with van der Waals surface area (Å²) in [6, 6.07) is 6.84. The maximum absolute atomic E-state index is 14.3. The molecule has 2 aromatic rings. The van der Waals surface area contributed by atoms with Crippen molar-refractivity contribution in [1.82, 2.24) is 0 Å². The van der Waals surface area contributed by atoms with Gasteiger partial charge in [-0.3, -0.25) is 4.99 Å². The molecule has 0 saturated carbocycles. The Morgan fingerprint density at radius 1 is 0.960 bits per heavy atom. The normalized spacial score (nSPS) is 20.0. The van der Waals surface area contributed by atoms with Crippen molar-refractivity contribution in [2.45, 2.75) is 10.3 Å². The first-order chi connectivity index (χ1) is 11.7. The van der Waals surface area contributed by atoms with Crippen LogP contribution in [0.15, 0.2) is 58.4 Å². The van der Waals surface area contributed by atoms with Gasteiger partial charge in [-0.05, 0) is 41.5 Å². The summed E-state index contributed by atoms with van der Waals surface area (Å²) in [4.78, 5) is 3.50. The van der Waals surface area contributed by atoms with Crippen LogP contribution in [0, 0.1) is 17.5 Å². The molecule has 0 amide bonds. The van der Waals surface area contributed by atoms with E-state index >= 15 is 0 Å². The molecule has 130 valence electrons. The number of primary sulfonamides is 1. The van der Waals surface area contributed by atoms with E-state index < -0.39 is 37.8 Å². The fraction of sp³-hybridized carbons (Fsp3) is 0.118. The van der Waals surface area contributed by atoms with Crippen LogP contribution in [-0.4, -0.2) is 21.2 Å². The summed E-state index contributed by atoms with van der Waals surface area (Å²) >= 11 is 0. The Morgan fingerprint density at radius 3 is 2.12 bits per heavy atom. The van der Waals surface area contributed by atoms with Crippen molar-refractivity contribution < 1.29 is 21.6 Å². The summed E-state index contributed by atoms with van der Waals surface area (Å²) in [5, 5.41) is 4.97. The van der Waals surface area contributed by atoms with Crippen molar-refractivity contribution >= 4 is 16.2 Å². The number of nitrogens with two attached hydrogens (primary N) is 1. The second-order valence-electron chi connectivity index (χ2n) is 5.64. The first kappa shape index (κ1) is 17.4. The zero-order valence-electron chi connectivity index (χ0n) is 12.8. The molecular formula is C17H13F3N2O2S. The summed E-state index contributed by atoms with van der Waals surface area (Å²) in [5.74, 6) is -3.07. The van der Waals surface area contributed by atoms with E-state index in [1.54, 1.807) is 12.2 Å². The van der Waals surface area contributed by atoms with E-state index in [0.29, 0.717) is 11.1 Å². The molecule has 8 heteroatoms. The molecule has 1 aliphatic rings. The molecule has 0 spiro atoms. The lowest BCUT2D eigenvalue weighted by Gasteiger charge is -2.32. The number of dihydropyridines is 1. The van der Waals surface area contributed by atoms with Crippen molar-refractivity contribution in [3.8, 4) is 0 Å².